The van der Waals surface area contributed by atoms with Crippen LogP contribution >= 0.6 is 23.1 Å². The fourth-order valence-electron chi connectivity index (χ4n) is 0.888. The van der Waals surface area contributed by atoms with Crippen molar-refractivity contribution in [1.82, 2.24) is 10.2 Å². The van der Waals surface area contributed by atoms with Crippen LogP contribution in [0.25, 0.3) is 0 Å². The minimum atomic E-state index is -0.144. The van der Waals surface area contributed by atoms with Gasteiger partial charge < -0.3 is 10.5 Å². The average Bonchev–Trinajstić information content (AvgIpc) is 2.60. The molecule has 15 heavy (non-hydrogen) atoms. The number of aromatic nitrogens is 2. The van der Waals surface area contributed by atoms with Gasteiger partial charge in [0.05, 0.1) is 6.61 Å². The van der Waals surface area contributed by atoms with Crippen LogP contribution in [0, 0.1) is 0 Å². The van der Waals surface area contributed by atoms with Gasteiger partial charge in [-0.1, -0.05) is 23.1 Å². The third-order valence-electron chi connectivity index (χ3n) is 1.48. The van der Waals surface area contributed by atoms with Crippen LogP contribution in [-0.4, -0.2) is 28.5 Å². The normalized spacial score (nSPS) is 10.2. The summed E-state index contributed by atoms with van der Waals surface area (Å²) in [4.78, 5) is 11.0. The fourth-order valence-corrected chi connectivity index (χ4v) is 2.53. The monoisotopic (exact) mass is 247 g/mol. The summed E-state index contributed by atoms with van der Waals surface area (Å²) in [6.07, 6.45) is 1.23. The van der Waals surface area contributed by atoms with E-state index >= 15 is 0 Å². The minimum Gasteiger partial charge on any atom is -0.466 e. The Bertz CT molecular complexity index is 317. The highest BCUT2D eigenvalue weighted by Gasteiger charge is 2.04. The van der Waals surface area contributed by atoms with Gasteiger partial charge in [0, 0.05) is 12.2 Å². The van der Waals surface area contributed by atoms with Crippen molar-refractivity contribution in [3.8, 4) is 0 Å². The van der Waals surface area contributed by atoms with Crippen LogP contribution in [0.1, 0.15) is 19.8 Å². The highest BCUT2D eigenvalue weighted by Crippen LogP contribution is 2.24. The molecule has 0 fully saturated rings. The third-order valence-corrected chi connectivity index (χ3v) is 3.45. The lowest BCUT2D eigenvalue weighted by Gasteiger charge is -1.99. The molecule has 7 heteroatoms. The lowest BCUT2D eigenvalue weighted by Crippen LogP contribution is -2.03. The summed E-state index contributed by atoms with van der Waals surface area (Å²) in [6, 6.07) is 0. The molecule has 5 nitrogen and oxygen atoms in total. The summed E-state index contributed by atoms with van der Waals surface area (Å²) in [6.45, 7) is 2.25. The maximum absolute atomic E-state index is 11.0. The number of thioether (sulfide) groups is 1. The van der Waals surface area contributed by atoms with E-state index in [1.165, 1.54) is 11.3 Å². The average molecular weight is 247 g/mol. The molecule has 0 aliphatic rings. The van der Waals surface area contributed by atoms with E-state index in [-0.39, 0.29) is 5.97 Å². The largest absolute Gasteiger partial charge is 0.466 e. The van der Waals surface area contributed by atoms with Gasteiger partial charge in [-0.2, -0.15) is 0 Å². The molecule has 2 N–H and O–H groups in total. The van der Waals surface area contributed by atoms with E-state index in [0.29, 0.717) is 18.2 Å². The number of esters is 1. The lowest BCUT2D eigenvalue weighted by molar-refractivity contribution is -0.143. The molecule has 1 rings (SSSR count). The van der Waals surface area contributed by atoms with Crippen molar-refractivity contribution in [2.24, 2.45) is 0 Å². The van der Waals surface area contributed by atoms with Crippen LogP contribution in [0.4, 0.5) is 5.13 Å². The first kappa shape index (κ1) is 12.3. The molecule has 0 aliphatic heterocycles. The van der Waals surface area contributed by atoms with Crippen molar-refractivity contribution >= 4 is 34.2 Å². The molecule has 1 heterocycles. The van der Waals surface area contributed by atoms with E-state index < -0.39 is 0 Å². The molecule has 0 aliphatic carbocycles. The van der Waals surface area contributed by atoms with Gasteiger partial charge in [0.2, 0.25) is 5.13 Å². The molecule has 0 spiro atoms. The van der Waals surface area contributed by atoms with E-state index in [1.807, 2.05) is 0 Å². The van der Waals surface area contributed by atoms with Gasteiger partial charge >= 0.3 is 5.97 Å². The van der Waals surface area contributed by atoms with Crippen molar-refractivity contribution in [1.29, 1.82) is 0 Å². The molecule has 0 amide bonds. The molecule has 0 unspecified atom stereocenters. The number of anilines is 1. The second-order valence-electron chi connectivity index (χ2n) is 2.66. The first-order valence-corrected chi connectivity index (χ1v) is 6.40. The van der Waals surface area contributed by atoms with Crippen LogP contribution < -0.4 is 5.73 Å². The predicted octanol–water partition coefficient (Wildman–Crippen LogP) is 1.56. The van der Waals surface area contributed by atoms with Crippen LogP contribution in [0.15, 0.2) is 4.34 Å². The number of nitrogens with zero attached hydrogens (tertiary/aromatic N) is 2. The van der Waals surface area contributed by atoms with Gasteiger partial charge in [0.1, 0.15) is 0 Å². The number of ether oxygens (including phenoxy) is 1. The Morgan fingerprint density at radius 2 is 2.40 bits per heavy atom. The van der Waals surface area contributed by atoms with Crippen molar-refractivity contribution < 1.29 is 9.53 Å². The third kappa shape index (κ3) is 4.98. The molecule has 0 saturated carbocycles. The van der Waals surface area contributed by atoms with Gasteiger partial charge in [0.15, 0.2) is 4.34 Å². The number of carbonyl (C=O) groups excluding carboxylic acids is 1. The molecule has 84 valence electrons. The maximum Gasteiger partial charge on any atom is 0.305 e. The number of hydrogen-bond donors (Lipinski definition) is 1. The molecular weight excluding hydrogens is 234 g/mol. The Balaban J connectivity index is 2.09. The SMILES string of the molecule is CCOC(=O)CCCSc1nnc(N)s1. The van der Waals surface area contributed by atoms with Crippen molar-refractivity contribution in [2.45, 2.75) is 24.1 Å². The summed E-state index contributed by atoms with van der Waals surface area (Å²) in [5.41, 5.74) is 5.43. The Morgan fingerprint density at radius 1 is 1.60 bits per heavy atom. The summed E-state index contributed by atoms with van der Waals surface area (Å²) in [5.74, 6) is 0.683. The molecule has 0 saturated heterocycles. The molecule has 0 bridgehead atoms. The number of carbonyl (C=O) groups is 1. The zero-order valence-electron chi connectivity index (χ0n) is 8.43. The van der Waals surface area contributed by atoms with E-state index in [0.717, 1.165) is 16.5 Å². The van der Waals surface area contributed by atoms with E-state index in [9.17, 15) is 4.79 Å². The minimum absolute atomic E-state index is 0.144. The molecule has 1 aromatic rings. The van der Waals surface area contributed by atoms with Crippen molar-refractivity contribution in [3.63, 3.8) is 0 Å². The lowest BCUT2D eigenvalue weighted by atomic mass is 10.3. The molecule has 0 radical (unpaired) electrons. The standard InChI is InChI=1S/C8H13N3O2S2/c1-2-13-6(12)4-3-5-14-8-11-10-7(9)15-8/h2-5H2,1H3,(H2,9,10). The topological polar surface area (TPSA) is 78.1 Å². The Labute approximate surface area is 96.4 Å². The number of rotatable bonds is 6. The summed E-state index contributed by atoms with van der Waals surface area (Å²) in [5, 5.41) is 8.03. The number of nitrogen functional groups attached to an aromatic ring is 1. The maximum atomic E-state index is 11.0. The van der Waals surface area contributed by atoms with Crippen LogP contribution in [0.5, 0.6) is 0 Å². The Kier molecular flexibility index (Phi) is 5.41. The second kappa shape index (κ2) is 6.62. The second-order valence-corrected chi connectivity index (χ2v) is 5.01. The molecule has 0 aromatic carbocycles. The Morgan fingerprint density at radius 3 is 3.00 bits per heavy atom. The van der Waals surface area contributed by atoms with Gasteiger partial charge in [-0.3, -0.25) is 4.79 Å². The highest BCUT2D eigenvalue weighted by atomic mass is 32.2. The predicted molar refractivity (Wildman–Crippen MR) is 60.9 cm³/mol. The zero-order valence-corrected chi connectivity index (χ0v) is 10.1. The first-order valence-electron chi connectivity index (χ1n) is 4.59. The zero-order chi connectivity index (χ0) is 11.1. The van der Waals surface area contributed by atoms with E-state index in [2.05, 4.69) is 10.2 Å². The fraction of sp³-hybridized carbons (Fsp3) is 0.625. The van der Waals surface area contributed by atoms with Crippen LogP contribution in [0.2, 0.25) is 0 Å². The Hall–Kier alpha value is -0.820. The first-order chi connectivity index (χ1) is 7.22. The summed E-state index contributed by atoms with van der Waals surface area (Å²) < 4.78 is 5.65. The highest BCUT2D eigenvalue weighted by molar-refractivity contribution is 8.01. The smallest absolute Gasteiger partial charge is 0.305 e. The molecular formula is C8H13N3O2S2. The van der Waals surface area contributed by atoms with Gasteiger partial charge in [-0.15, -0.1) is 10.2 Å². The number of hydrogen-bond acceptors (Lipinski definition) is 7. The van der Waals surface area contributed by atoms with E-state index in [1.54, 1.807) is 18.7 Å². The van der Waals surface area contributed by atoms with E-state index in [4.69, 9.17) is 10.5 Å². The molecule has 1 aromatic heterocycles. The van der Waals surface area contributed by atoms with Crippen LogP contribution in [-0.2, 0) is 9.53 Å². The van der Waals surface area contributed by atoms with Crippen LogP contribution in [0.3, 0.4) is 0 Å². The quantitative estimate of drug-likeness (QED) is 0.467. The number of nitrogens with two attached hydrogens (primary N) is 1. The van der Waals surface area contributed by atoms with Gasteiger partial charge in [-0.25, -0.2) is 0 Å². The van der Waals surface area contributed by atoms with Crippen molar-refractivity contribution in [2.75, 3.05) is 18.1 Å². The summed E-state index contributed by atoms with van der Waals surface area (Å²) in [7, 11) is 0. The van der Waals surface area contributed by atoms with Crippen molar-refractivity contribution in [3.05, 3.63) is 0 Å². The summed E-state index contributed by atoms with van der Waals surface area (Å²) >= 11 is 2.92. The molecule has 0 atom stereocenters. The van der Waals surface area contributed by atoms with Gasteiger partial charge in [-0.05, 0) is 13.3 Å². The van der Waals surface area contributed by atoms with Gasteiger partial charge in [0.25, 0.3) is 0 Å².